The molecule has 0 radical (unpaired) electrons. The fourth-order valence-corrected chi connectivity index (χ4v) is 3.12. The van der Waals surface area contributed by atoms with Crippen LogP contribution in [0, 0.1) is 0 Å². The number of rotatable bonds is 3. The lowest BCUT2D eigenvalue weighted by Gasteiger charge is -2.22. The van der Waals surface area contributed by atoms with E-state index in [0.29, 0.717) is 0 Å². The van der Waals surface area contributed by atoms with Crippen LogP contribution in [0.1, 0.15) is 29.9 Å². The minimum Gasteiger partial charge on any atom is -0.338 e. The molecule has 1 atom stereocenters. The van der Waals surface area contributed by atoms with Gasteiger partial charge in [-0.2, -0.15) is 0 Å². The molecule has 1 unspecified atom stereocenters. The summed E-state index contributed by atoms with van der Waals surface area (Å²) in [5, 5.41) is 0. The van der Waals surface area contributed by atoms with Crippen LogP contribution in [0.5, 0.6) is 0 Å². The predicted molar refractivity (Wildman–Crippen MR) is 71.6 cm³/mol. The molecule has 0 saturated carbocycles. The van der Waals surface area contributed by atoms with Gasteiger partial charge in [0.25, 0.3) is 5.91 Å². The van der Waals surface area contributed by atoms with Crippen LogP contribution in [-0.4, -0.2) is 23.9 Å². The van der Waals surface area contributed by atoms with E-state index in [1.54, 1.807) is 4.90 Å². The van der Waals surface area contributed by atoms with Gasteiger partial charge in [0.1, 0.15) is 0 Å². The lowest BCUT2D eigenvalue weighted by molar-refractivity contribution is 0.0745. The monoisotopic (exact) mass is 353 g/mol. The second-order valence-electron chi connectivity index (χ2n) is 3.41. The summed E-state index contributed by atoms with van der Waals surface area (Å²) in [6.07, 6.45) is 0.968. The number of carbonyl (C=O) groups is 1. The molecule has 1 amide bonds. The fourth-order valence-electron chi connectivity index (χ4n) is 1.10. The molecule has 0 aliphatic heterocycles. The molecular weight excluding hydrogens is 342 g/mol. The Balaban J connectivity index is 2.85. The molecule has 0 fully saturated rings. The van der Waals surface area contributed by atoms with Crippen molar-refractivity contribution >= 4 is 49.1 Å². The third-order valence-electron chi connectivity index (χ3n) is 2.43. The van der Waals surface area contributed by atoms with Gasteiger partial charge < -0.3 is 4.90 Å². The number of carbonyl (C=O) groups excluding carboxylic acids is 1. The molecular formula is C10H13Br2NOS. The number of thiophene rings is 1. The maximum atomic E-state index is 12.0. The summed E-state index contributed by atoms with van der Waals surface area (Å²) in [5.41, 5.74) is 0. The Bertz CT molecular complexity index is 345. The Labute approximate surface area is 111 Å². The summed E-state index contributed by atoms with van der Waals surface area (Å²) in [4.78, 5) is 14.5. The van der Waals surface area contributed by atoms with Crippen molar-refractivity contribution in [2.75, 3.05) is 7.05 Å². The van der Waals surface area contributed by atoms with Crippen molar-refractivity contribution in [3.05, 3.63) is 19.2 Å². The van der Waals surface area contributed by atoms with Crippen LogP contribution in [0.25, 0.3) is 0 Å². The molecule has 1 rings (SSSR count). The molecule has 15 heavy (non-hydrogen) atoms. The zero-order valence-electron chi connectivity index (χ0n) is 8.88. The van der Waals surface area contributed by atoms with Gasteiger partial charge in [-0.1, -0.05) is 6.92 Å². The van der Waals surface area contributed by atoms with Crippen LogP contribution >= 0.6 is 43.2 Å². The standard InChI is InChI=1S/C10H13Br2NOS/c1-4-6(2)13(3)10(14)8-5-7(11)9(12)15-8/h5-6H,4H2,1-3H3. The molecule has 0 saturated heterocycles. The molecule has 0 bridgehead atoms. The van der Waals surface area contributed by atoms with Crippen LogP contribution in [0.2, 0.25) is 0 Å². The lowest BCUT2D eigenvalue weighted by Crippen LogP contribution is -2.34. The van der Waals surface area contributed by atoms with E-state index >= 15 is 0 Å². The highest BCUT2D eigenvalue weighted by Gasteiger charge is 2.19. The van der Waals surface area contributed by atoms with E-state index in [2.05, 4.69) is 45.7 Å². The van der Waals surface area contributed by atoms with E-state index in [1.165, 1.54) is 11.3 Å². The number of hydrogen-bond donors (Lipinski definition) is 0. The lowest BCUT2D eigenvalue weighted by atomic mass is 10.2. The molecule has 1 aromatic heterocycles. The molecule has 2 nitrogen and oxygen atoms in total. The second kappa shape index (κ2) is 5.46. The smallest absolute Gasteiger partial charge is 0.263 e. The Hall–Kier alpha value is 0.130. The van der Waals surface area contributed by atoms with Crippen molar-refractivity contribution in [2.24, 2.45) is 0 Å². The van der Waals surface area contributed by atoms with Gasteiger partial charge in [0.05, 0.1) is 8.66 Å². The van der Waals surface area contributed by atoms with Crippen molar-refractivity contribution in [3.63, 3.8) is 0 Å². The summed E-state index contributed by atoms with van der Waals surface area (Å²) < 4.78 is 1.90. The highest BCUT2D eigenvalue weighted by molar-refractivity contribution is 9.13. The summed E-state index contributed by atoms with van der Waals surface area (Å²) >= 11 is 8.23. The number of hydrogen-bond acceptors (Lipinski definition) is 2. The van der Waals surface area contributed by atoms with Crippen molar-refractivity contribution in [2.45, 2.75) is 26.3 Å². The van der Waals surface area contributed by atoms with Crippen molar-refractivity contribution in [1.82, 2.24) is 4.90 Å². The van der Waals surface area contributed by atoms with E-state index < -0.39 is 0 Å². The Kier molecular flexibility index (Phi) is 4.80. The van der Waals surface area contributed by atoms with Gasteiger partial charge in [-0.05, 0) is 51.3 Å². The molecule has 0 N–H and O–H groups in total. The van der Waals surface area contributed by atoms with Gasteiger partial charge >= 0.3 is 0 Å². The SMILES string of the molecule is CCC(C)N(C)C(=O)c1cc(Br)c(Br)s1. The minimum absolute atomic E-state index is 0.0840. The van der Waals surface area contributed by atoms with Gasteiger partial charge in [0.15, 0.2) is 0 Å². The van der Waals surface area contributed by atoms with Crippen LogP contribution in [0.4, 0.5) is 0 Å². The summed E-state index contributed by atoms with van der Waals surface area (Å²) in [6, 6.07) is 2.13. The molecule has 84 valence electrons. The summed E-state index contributed by atoms with van der Waals surface area (Å²) in [5.74, 6) is 0.0840. The van der Waals surface area contributed by atoms with E-state index in [0.717, 1.165) is 19.6 Å². The van der Waals surface area contributed by atoms with Crippen LogP contribution in [-0.2, 0) is 0 Å². The molecule has 0 aromatic carbocycles. The van der Waals surface area contributed by atoms with Gasteiger partial charge in [0, 0.05) is 17.6 Å². The van der Waals surface area contributed by atoms with Gasteiger partial charge in [-0.3, -0.25) is 4.79 Å². The Morgan fingerprint density at radius 3 is 2.60 bits per heavy atom. The molecule has 0 spiro atoms. The first-order valence-electron chi connectivity index (χ1n) is 4.69. The number of amides is 1. The highest BCUT2D eigenvalue weighted by atomic mass is 79.9. The van der Waals surface area contributed by atoms with E-state index in [-0.39, 0.29) is 11.9 Å². The third-order valence-corrected chi connectivity index (χ3v) is 5.67. The topological polar surface area (TPSA) is 20.3 Å². The first-order chi connectivity index (χ1) is 6.97. The average molecular weight is 355 g/mol. The predicted octanol–water partition coefficient (Wildman–Crippen LogP) is 4.14. The zero-order valence-corrected chi connectivity index (χ0v) is 12.9. The highest BCUT2D eigenvalue weighted by Crippen LogP contribution is 2.33. The second-order valence-corrected chi connectivity index (χ2v) is 6.63. The van der Waals surface area contributed by atoms with Crippen molar-refractivity contribution in [1.29, 1.82) is 0 Å². The number of nitrogens with zero attached hydrogens (tertiary/aromatic N) is 1. The van der Waals surface area contributed by atoms with Crippen molar-refractivity contribution < 1.29 is 4.79 Å². The van der Waals surface area contributed by atoms with Crippen LogP contribution in [0.15, 0.2) is 14.3 Å². The third kappa shape index (κ3) is 3.04. The maximum absolute atomic E-state index is 12.0. The normalized spacial score (nSPS) is 12.6. The molecule has 5 heteroatoms. The van der Waals surface area contributed by atoms with E-state index in [4.69, 9.17) is 0 Å². The van der Waals surface area contributed by atoms with E-state index in [9.17, 15) is 4.79 Å². The Morgan fingerprint density at radius 2 is 2.20 bits per heavy atom. The fraction of sp³-hybridized carbons (Fsp3) is 0.500. The number of halogens is 2. The average Bonchev–Trinajstić information content (AvgIpc) is 2.56. The van der Waals surface area contributed by atoms with Gasteiger partial charge in [0.2, 0.25) is 0 Å². The molecule has 1 heterocycles. The zero-order chi connectivity index (χ0) is 11.6. The van der Waals surface area contributed by atoms with Crippen LogP contribution in [0.3, 0.4) is 0 Å². The molecule has 0 aliphatic carbocycles. The first-order valence-corrected chi connectivity index (χ1v) is 7.09. The summed E-state index contributed by atoms with van der Waals surface area (Å²) in [6.45, 7) is 4.13. The maximum Gasteiger partial charge on any atom is 0.263 e. The van der Waals surface area contributed by atoms with Gasteiger partial charge in [-0.25, -0.2) is 0 Å². The molecule has 1 aromatic rings. The van der Waals surface area contributed by atoms with Gasteiger partial charge in [-0.15, -0.1) is 11.3 Å². The van der Waals surface area contributed by atoms with E-state index in [1.807, 2.05) is 13.1 Å². The van der Waals surface area contributed by atoms with Crippen LogP contribution < -0.4 is 0 Å². The first kappa shape index (κ1) is 13.2. The Morgan fingerprint density at radius 1 is 1.60 bits per heavy atom. The van der Waals surface area contributed by atoms with Crippen molar-refractivity contribution in [3.8, 4) is 0 Å². The minimum atomic E-state index is 0.0840. The summed E-state index contributed by atoms with van der Waals surface area (Å²) in [7, 11) is 1.85. The molecule has 0 aliphatic rings. The largest absolute Gasteiger partial charge is 0.338 e. The quantitative estimate of drug-likeness (QED) is 0.798.